The average molecular weight is 184 g/mol. The molecule has 0 aromatic carbocycles. The van der Waals surface area contributed by atoms with Crippen LogP contribution in [0.1, 0.15) is 6.92 Å². The molecule has 0 aromatic heterocycles. The largest absolute Gasteiger partial charge is 0.230 e. The Morgan fingerprint density at radius 3 is 1.50 bits per heavy atom. The molecule has 0 fully saturated rings. The topological polar surface area (TPSA) is 68.3 Å². The van der Waals surface area contributed by atoms with Gasteiger partial charge in [0.05, 0.1) is 0 Å². The summed E-state index contributed by atoms with van der Waals surface area (Å²) in [6.45, 7) is 4.19. The summed E-state index contributed by atoms with van der Waals surface area (Å²) in [5.41, 5.74) is 0. The van der Waals surface area contributed by atoms with Gasteiger partial charge in [0.1, 0.15) is 0 Å². The molecule has 0 spiro atoms. The maximum absolute atomic E-state index is 10.3. The Bertz CT molecular complexity index is 235. The summed E-state index contributed by atoms with van der Waals surface area (Å²) in [7, 11) is -6.00. The average Bonchev–Trinajstić information content (AvgIpc) is 1.85. The molecule has 0 saturated heterocycles. The van der Waals surface area contributed by atoms with Gasteiger partial charge in [0.25, 0.3) is 0 Å². The predicted molar refractivity (Wildman–Crippen MR) is 39.2 cm³/mol. The van der Waals surface area contributed by atoms with E-state index >= 15 is 0 Å². The van der Waals surface area contributed by atoms with Gasteiger partial charge in [0.2, 0.25) is 0 Å². The summed E-state index contributed by atoms with van der Waals surface area (Å²) in [6, 6.07) is 0. The van der Waals surface area contributed by atoms with Crippen LogP contribution in [0.25, 0.3) is 0 Å². The molecule has 6 heteroatoms. The zero-order valence-corrected chi connectivity index (χ0v) is 7.10. The zero-order chi connectivity index (χ0) is 8.36. The second kappa shape index (κ2) is 3.16. The van der Waals surface area contributed by atoms with E-state index in [1.54, 1.807) is 0 Å². The van der Waals surface area contributed by atoms with Crippen LogP contribution in [0.4, 0.5) is 0 Å². The molecular formula is C4H8O4S2. The van der Waals surface area contributed by atoms with Gasteiger partial charge in [-0.25, -0.2) is 16.8 Å². The minimum atomic E-state index is -3.00. The molecular weight excluding hydrogens is 176 g/mol. The van der Waals surface area contributed by atoms with Crippen LogP contribution >= 0.6 is 0 Å². The Balaban J connectivity index is 5.12. The molecule has 0 atom stereocenters. The molecule has 0 aromatic rings. The molecule has 0 aliphatic rings. The summed E-state index contributed by atoms with van der Waals surface area (Å²) in [4.78, 5) is 0. The lowest BCUT2D eigenvalue weighted by Crippen LogP contribution is -2.24. The fourth-order valence-electron chi connectivity index (χ4n) is 0.216. The van der Waals surface area contributed by atoms with Crippen LogP contribution in [0, 0.1) is 0 Å². The van der Waals surface area contributed by atoms with Crippen molar-refractivity contribution in [3.8, 4) is 0 Å². The fourth-order valence-corrected chi connectivity index (χ4v) is 1.05. The van der Waals surface area contributed by atoms with Crippen LogP contribution in [-0.2, 0) is 21.4 Å². The van der Waals surface area contributed by atoms with Crippen molar-refractivity contribution in [1.82, 2.24) is 0 Å². The van der Waals surface area contributed by atoms with E-state index in [1.807, 2.05) is 0 Å². The lowest BCUT2D eigenvalue weighted by atomic mass is 10.5. The molecule has 0 radical (unpaired) electrons. The van der Waals surface area contributed by atoms with Gasteiger partial charge in [-0.05, 0) is 6.92 Å². The maximum Gasteiger partial charge on any atom is 0.183 e. The first-order chi connectivity index (χ1) is 4.45. The first kappa shape index (κ1) is 9.64. The third kappa shape index (κ3) is 1.57. The fraction of sp³-hybridized carbons (Fsp3) is 0.500. The first-order valence-corrected chi connectivity index (χ1v) is 4.73. The van der Waals surface area contributed by atoms with Crippen LogP contribution in [0.3, 0.4) is 0 Å². The quantitative estimate of drug-likeness (QED) is 0.441. The van der Waals surface area contributed by atoms with E-state index in [1.165, 1.54) is 0 Å². The molecule has 4 nitrogen and oxygen atoms in total. The second-order valence-electron chi connectivity index (χ2n) is 1.81. The van der Waals surface area contributed by atoms with E-state index in [9.17, 15) is 16.8 Å². The molecule has 0 aliphatic heterocycles. The minimum absolute atomic E-state index is 0.893. The Kier molecular flexibility index (Phi) is 3.04. The smallest absolute Gasteiger partial charge is 0.183 e. The van der Waals surface area contributed by atoms with Crippen LogP contribution in [-0.4, -0.2) is 20.9 Å². The number of rotatable bonds is 3. The third-order valence-electron chi connectivity index (χ3n) is 1.13. The van der Waals surface area contributed by atoms with Gasteiger partial charge in [-0.1, -0.05) is 6.08 Å². The van der Waals surface area contributed by atoms with E-state index in [0.29, 0.717) is 0 Å². The van der Waals surface area contributed by atoms with Gasteiger partial charge in [0, 0.05) is 0 Å². The zero-order valence-electron chi connectivity index (χ0n) is 5.31. The summed E-state index contributed by atoms with van der Waals surface area (Å²) in [5.74, 6) is 0. The third-order valence-corrected chi connectivity index (χ3v) is 3.95. The lowest BCUT2D eigenvalue weighted by Gasteiger charge is -2.06. The monoisotopic (exact) mass is 184 g/mol. The Morgan fingerprint density at radius 1 is 1.20 bits per heavy atom. The van der Waals surface area contributed by atoms with E-state index < -0.39 is 25.5 Å². The molecule has 0 unspecified atom stereocenters. The van der Waals surface area contributed by atoms with Gasteiger partial charge in [-0.15, -0.1) is 6.58 Å². The van der Waals surface area contributed by atoms with Crippen molar-refractivity contribution in [3.63, 3.8) is 0 Å². The SMILES string of the molecule is C=CC(C)([SH](=O)=O)[SH](=O)=O. The molecule has 0 rings (SSSR count). The summed E-state index contributed by atoms with van der Waals surface area (Å²) < 4.78 is 39.3. The molecule has 0 saturated carbocycles. The molecule has 60 valence electrons. The van der Waals surface area contributed by atoms with Crippen LogP contribution in [0.15, 0.2) is 12.7 Å². The highest BCUT2D eigenvalue weighted by molar-refractivity contribution is 7.93. The standard InChI is InChI=1S/C4H8O4S2/c1-3-4(2,9(5)6)10(7)8/h3,9-10H,1H2,2H3. The lowest BCUT2D eigenvalue weighted by molar-refractivity contribution is 0.587. The van der Waals surface area contributed by atoms with Crippen LogP contribution < -0.4 is 0 Å². The van der Waals surface area contributed by atoms with E-state index in [4.69, 9.17) is 0 Å². The van der Waals surface area contributed by atoms with Crippen molar-refractivity contribution in [3.05, 3.63) is 12.7 Å². The van der Waals surface area contributed by atoms with Crippen molar-refractivity contribution in [2.24, 2.45) is 0 Å². The number of hydrogen-bond acceptors (Lipinski definition) is 4. The van der Waals surface area contributed by atoms with Crippen molar-refractivity contribution < 1.29 is 16.8 Å². The molecule has 0 amide bonds. The van der Waals surface area contributed by atoms with Gasteiger partial charge in [0.15, 0.2) is 25.5 Å². The van der Waals surface area contributed by atoms with Gasteiger partial charge < -0.3 is 0 Å². The van der Waals surface area contributed by atoms with Crippen molar-refractivity contribution in [2.75, 3.05) is 0 Å². The number of thiol groups is 2. The highest BCUT2D eigenvalue weighted by Crippen LogP contribution is 2.10. The number of hydrogen-bond donors (Lipinski definition) is 2. The van der Waals surface area contributed by atoms with E-state index in [-0.39, 0.29) is 0 Å². The summed E-state index contributed by atoms with van der Waals surface area (Å²) in [6.07, 6.45) is 0.893. The van der Waals surface area contributed by atoms with E-state index in [0.717, 1.165) is 13.0 Å². The highest BCUT2D eigenvalue weighted by atomic mass is 32.2. The normalized spacial score (nSPS) is 12.3. The van der Waals surface area contributed by atoms with Crippen LogP contribution in [0.5, 0.6) is 0 Å². The minimum Gasteiger partial charge on any atom is -0.230 e. The molecule has 0 aliphatic carbocycles. The Morgan fingerprint density at radius 2 is 1.50 bits per heavy atom. The molecule has 10 heavy (non-hydrogen) atoms. The van der Waals surface area contributed by atoms with Crippen molar-refractivity contribution in [2.45, 2.75) is 11.0 Å². The predicted octanol–water partition coefficient (Wildman–Crippen LogP) is -0.889. The van der Waals surface area contributed by atoms with Gasteiger partial charge >= 0.3 is 0 Å². The van der Waals surface area contributed by atoms with Gasteiger partial charge in [-0.3, -0.25) is 0 Å². The second-order valence-corrected chi connectivity index (χ2v) is 5.05. The maximum atomic E-state index is 10.3. The Hall–Kier alpha value is -0.360. The van der Waals surface area contributed by atoms with Gasteiger partial charge in [-0.2, -0.15) is 0 Å². The van der Waals surface area contributed by atoms with Crippen LogP contribution in [0.2, 0.25) is 0 Å². The molecule has 0 bridgehead atoms. The summed E-state index contributed by atoms with van der Waals surface area (Å²) >= 11 is 0. The van der Waals surface area contributed by atoms with Crippen molar-refractivity contribution >= 4 is 21.4 Å². The first-order valence-electron chi connectivity index (χ1n) is 2.37. The Labute approximate surface area is 62.5 Å². The van der Waals surface area contributed by atoms with Crippen molar-refractivity contribution in [1.29, 1.82) is 0 Å². The van der Waals surface area contributed by atoms with E-state index in [2.05, 4.69) is 6.58 Å². The molecule has 0 N–H and O–H groups in total. The highest BCUT2D eigenvalue weighted by Gasteiger charge is 2.27. The molecule has 0 heterocycles. The summed E-state index contributed by atoms with van der Waals surface area (Å²) in [5, 5.41) is 0.